The third-order valence-corrected chi connectivity index (χ3v) is 7.59. The van der Waals surface area contributed by atoms with Crippen molar-refractivity contribution in [2.45, 2.75) is 31.1 Å². The van der Waals surface area contributed by atoms with E-state index in [0.29, 0.717) is 30.5 Å². The first kappa shape index (κ1) is 26.2. The van der Waals surface area contributed by atoms with Gasteiger partial charge in [0.1, 0.15) is 11.4 Å². The van der Waals surface area contributed by atoms with E-state index in [1.807, 2.05) is 6.92 Å². The monoisotopic (exact) mass is 553 g/mol. The molecule has 5 rings (SSSR count). The number of halogens is 4. The van der Waals surface area contributed by atoms with Crippen LogP contribution in [0.2, 0.25) is 0 Å². The molecule has 2 aliphatic rings. The van der Waals surface area contributed by atoms with Gasteiger partial charge in [0.25, 0.3) is 5.91 Å². The zero-order valence-electron chi connectivity index (χ0n) is 20.4. The lowest BCUT2D eigenvalue weighted by Crippen LogP contribution is -2.44. The number of hydrogen-bond donors (Lipinski definition) is 0. The number of ether oxygens (including phenoxy) is 2. The molecule has 3 heterocycles. The highest BCUT2D eigenvalue weighted by atomic mass is 32.2. The summed E-state index contributed by atoms with van der Waals surface area (Å²) in [7, 11) is -3.61. The number of aromatic nitrogens is 2. The topological polar surface area (TPSA) is 90.7 Å². The number of carbonyl (C=O) groups excluding carboxylic acids is 1. The Morgan fingerprint density at radius 3 is 2.53 bits per heavy atom. The summed E-state index contributed by atoms with van der Waals surface area (Å²) in [5.41, 5.74) is -1.02. The second-order valence-corrected chi connectivity index (χ2v) is 11.9. The normalized spacial score (nSPS) is 16.7. The number of sulfone groups is 1. The van der Waals surface area contributed by atoms with Crippen LogP contribution >= 0.6 is 0 Å². The molecule has 2 aliphatic heterocycles. The highest BCUT2D eigenvalue weighted by molar-refractivity contribution is 7.90. The van der Waals surface area contributed by atoms with Crippen LogP contribution in [0, 0.1) is 11.2 Å². The number of carbonyl (C=O) groups is 1. The quantitative estimate of drug-likeness (QED) is 0.429. The number of amides is 1. The molecule has 1 aromatic heterocycles. The molecular weight excluding hydrogens is 530 g/mol. The number of nitrogens with zero attached hydrogens (tertiary/aromatic N) is 3. The molecule has 0 atom stereocenters. The summed E-state index contributed by atoms with van der Waals surface area (Å²) in [5.74, 6) is -1.73. The van der Waals surface area contributed by atoms with E-state index >= 15 is 0 Å². The van der Waals surface area contributed by atoms with Gasteiger partial charge in [-0.15, -0.1) is 0 Å². The van der Waals surface area contributed by atoms with Crippen LogP contribution in [0.4, 0.5) is 17.6 Å². The molecule has 0 saturated carbocycles. The van der Waals surface area contributed by atoms with E-state index in [1.165, 1.54) is 35.4 Å². The number of benzene rings is 2. The molecule has 0 unspecified atom stereocenters. The van der Waals surface area contributed by atoms with Crippen LogP contribution in [0.1, 0.15) is 34.1 Å². The summed E-state index contributed by atoms with van der Waals surface area (Å²) in [5, 5.41) is 4.21. The van der Waals surface area contributed by atoms with Gasteiger partial charge < -0.3 is 14.4 Å². The Morgan fingerprint density at radius 2 is 1.92 bits per heavy atom. The average molecular weight is 554 g/mol. The fraction of sp³-hybridized carbons (Fsp3) is 0.360. The Kier molecular flexibility index (Phi) is 6.26. The molecule has 0 bridgehead atoms. The van der Waals surface area contributed by atoms with Crippen LogP contribution in [-0.2, 0) is 33.8 Å². The first-order chi connectivity index (χ1) is 17.7. The first-order valence-corrected chi connectivity index (χ1v) is 13.4. The molecule has 1 saturated heterocycles. The third-order valence-electron chi connectivity index (χ3n) is 6.48. The van der Waals surface area contributed by atoms with Gasteiger partial charge in [-0.3, -0.25) is 4.79 Å². The van der Waals surface area contributed by atoms with Crippen LogP contribution < -0.4 is 4.74 Å². The number of fused-ring (bicyclic) bond motifs is 1. The highest BCUT2D eigenvalue weighted by Gasteiger charge is 2.37. The molecule has 3 aromatic rings. The summed E-state index contributed by atoms with van der Waals surface area (Å²) in [6, 6.07) is 7.01. The Labute approximate surface area is 215 Å². The maximum Gasteiger partial charge on any atom is 0.419 e. The molecule has 2 aromatic carbocycles. The standard InChI is InChI=1S/C25H23F4N3O5S/c1-24(12-36-13-24)14-37-21-7-6-16(38(2,34)35)8-17(21)23(33)31-9-15-10-32(30-19(15)11-31)20-5-3-4-18(22(20)26)25(27,28)29/h3-8,10H,9,11-14H2,1-2H3. The van der Waals surface area contributed by atoms with Crippen LogP contribution in [0.5, 0.6) is 5.75 Å². The maximum atomic E-state index is 14.6. The first-order valence-electron chi connectivity index (χ1n) is 11.5. The Hall–Kier alpha value is -3.45. The zero-order chi connectivity index (χ0) is 27.5. The molecule has 38 heavy (non-hydrogen) atoms. The van der Waals surface area contributed by atoms with E-state index in [2.05, 4.69) is 5.10 Å². The Morgan fingerprint density at radius 1 is 1.18 bits per heavy atom. The van der Waals surface area contributed by atoms with E-state index in [1.54, 1.807) is 0 Å². The Bertz CT molecular complexity index is 1510. The third kappa shape index (κ3) is 4.87. The van der Waals surface area contributed by atoms with E-state index in [-0.39, 0.29) is 47.0 Å². The summed E-state index contributed by atoms with van der Waals surface area (Å²) in [6.07, 6.45) is -2.45. The molecule has 0 aliphatic carbocycles. The van der Waals surface area contributed by atoms with Crippen LogP contribution in [0.15, 0.2) is 47.5 Å². The minimum absolute atomic E-state index is 0.00412. The van der Waals surface area contributed by atoms with E-state index in [9.17, 15) is 30.8 Å². The van der Waals surface area contributed by atoms with Crippen molar-refractivity contribution in [3.05, 3.63) is 70.8 Å². The van der Waals surface area contributed by atoms with Gasteiger partial charge in [0.05, 0.1) is 48.1 Å². The molecule has 0 spiro atoms. The van der Waals surface area contributed by atoms with Crippen LogP contribution in [0.3, 0.4) is 0 Å². The van der Waals surface area contributed by atoms with E-state index in [4.69, 9.17) is 9.47 Å². The predicted octanol–water partition coefficient (Wildman–Crippen LogP) is 4.01. The lowest BCUT2D eigenvalue weighted by Gasteiger charge is -2.37. The van der Waals surface area contributed by atoms with Crippen molar-refractivity contribution in [2.24, 2.45) is 5.41 Å². The molecule has 202 valence electrons. The van der Waals surface area contributed by atoms with E-state index < -0.39 is 33.3 Å². The Balaban J connectivity index is 1.40. The van der Waals surface area contributed by atoms with Gasteiger partial charge in [-0.25, -0.2) is 17.5 Å². The summed E-state index contributed by atoms with van der Waals surface area (Å²) >= 11 is 0. The summed E-state index contributed by atoms with van der Waals surface area (Å²) in [4.78, 5) is 14.9. The summed E-state index contributed by atoms with van der Waals surface area (Å²) in [6.45, 7) is 3.27. The van der Waals surface area contributed by atoms with Crippen molar-refractivity contribution in [1.82, 2.24) is 14.7 Å². The van der Waals surface area contributed by atoms with Gasteiger partial charge >= 0.3 is 6.18 Å². The fourth-order valence-corrected chi connectivity index (χ4v) is 4.97. The SMILES string of the molecule is CC1(COc2ccc(S(C)(=O)=O)cc2C(=O)N2Cc3cn(-c4cccc(C(F)(F)F)c4F)nc3C2)COC1. The molecule has 13 heteroatoms. The smallest absolute Gasteiger partial charge is 0.419 e. The second-order valence-electron chi connectivity index (χ2n) is 9.87. The minimum atomic E-state index is -4.86. The van der Waals surface area contributed by atoms with E-state index in [0.717, 1.165) is 17.0 Å². The zero-order valence-corrected chi connectivity index (χ0v) is 21.2. The van der Waals surface area contributed by atoms with Gasteiger partial charge in [-0.1, -0.05) is 13.0 Å². The fourth-order valence-electron chi connectivity index (χ4n) is 4.32. The predicted molar refractivity (Wildman–Crippen MR) is 126 cm³/mol. The molecular formula is C25H23F4N3O5S. The van der Waals surface area contributed by atoms with Crippen molar-refractivity contribution >= 4 is 15.7 Å². The van der Waals surface area contributed by atoms with Crippen molar-refractivity contribution < 1.29 is 40.2 Å². The molecule has 1 fully saturated rings. The maximum absolute atomic E-state index is 14.6. The minimum Gasteiger partial charge on any atom is -0.492 e. The van der Waals surface area contributed by atoms with Crippen molar-refractivity contribution in [2.75, 3.05) is 26.1 Å². The molecule has 1 amide bonds. The molecule has 8 nitrogen and oxygen atoms in total. The van der Waals surface area contributed by atoms with Crippen molar-refractivity contribution in [3.63, 3.8) is 0 Å². The molecule has 0 radical (unpaired) electrons. The van der Waals surface area contributed by atoms with Crippen molar-refractivity contribution in [1.29, 1.82) is 0 Å². The van der Waals surface area contributed by atoms with Gasteiger partial charge in [-0.05, 0) is 30.3 Å². The number of rotatable bonds is 6. The van der Waals surface area contributed by atoms with Crippen LogP contribution in [-0.4, -0.2) is 55.1 Å². The highest BCUT2D eigenvalue weighted by Crippen LogP contribution is 2.35. The van der Waals surface area contributed by atoms with Gasteiger partial charge in [0.2, 0.25) is 0 Å². The average Bonchev–Trinajstić information content (AvgIpc) is 3.39. The molecule has 0 N–H and O–H groups in total. The number of hydrogen-bond acceptors (Lipinski definition) is 6. The van der Waals surface area contributed by atoms with Gasteiger partial charge in [0, 0.05) is 30.0 Å². The van der Waals surface area contributed by atoms with Gasteiger partial charge in [-0.2, -0.15) is 18.3 Å². The van der Waals surface area contributed by atoms with Crippen molar-refractivity contribution in [3.8, 4) is 11.4 Å². The van der Waals surface area contributed by atoms with Crippen LogP contribution in [0.25, 0.3) is 5.69 Å². The largest absolute Gasteiger partial charge is 0.492 e. The lowest BCUT2D eigenvalue weighted by atomic mass is 9.90. The second kappa shape index (κ2) is 9.09. The lowest BCUT2D eigenvalue weighted by molar-refractivity contribution is -0.140. The number of alkyl halides is 3. The van der Waals surface area contributed by atoms with Gasteiger partial charge in [0.15, 0.2) is 15.7 Å². The summed E-state index contributed by atoms with van der Waals surface area (Å²) < 4.78 is 90.4.